The third-order valence-electron chi connectivity index (χ3n) is 5.01. The molecule has 0 spiro atoms. The number of amides is 1. The Bertz CT molecular complexity index is 1170. The van der Waals surface area contributed by atoms with Gasteiger partial charge in [0.25, 0.3) is 16.8 Å². The molecule has 0 radical (unpaired) electrons. The van der Waals surface area contributed by atoms with Crippen LogP contribution in [0.1, 0.15) is 46.8 Å². The van der Waals surface area contributed by atoms with E-state index in [4.69, 9.17) is 4.42 Å². The molecule has 158 valence electrons. The Morgan fingerprint density at radius 3 is 2.33 bits per heavy atom. The second-order valence-corrected chi connectivity index (χ2v) is 7.44. The van der Waals surface area contributed by atoms with Crippen molar-refractivity contribution in [1.29, 1.82) is 0 Å². The van der Waals surface area contributed by atoms with Gasteiger partial charge in [-0.05, 0) is 44.0 Å². The fraction of sp³-hybridized carbons (Fsp3) is 0.318. The van der Waals surface area contributed by atoms with E-state index in [0.717, 1.165) is 5.76 Å². The molecule has 0 aliphatic rings. The van der Waals surface area contributed by atoms with Crippen molar-refractivity contribution in [3.05, 3.63) is 67.4 Å². The normalized spacial score (nSPS) is 12.0. The minimum absolute atomic E-state index is 0.0455. The lowest BCUT2D eigenvalue weighted by Crippen LogP contribution is -2.37. The standard InChI is InChI=1S/C22H25N3O5/c1-6-13(15-10-8-12(3)30-15)23-17-18(21(28)20(17)27)24-14-9-7-11(2)16(19(14)26)22(29)25(4)5/h7-10,13,23-24,26H,6H2,1-5H3/t13-/m1/s1. The molecule has 0 bridgehead atoms. The van der Waals surface area contributed by atoms with Gasteiger partial charge in [0.15, 0.2) is 5.75 Å². The monoisotopic (exact) mass is 411 g/mol. The van der Waals surface area contributed by atoms with Gasteiger partial charge in [-0.1, -0.05) is 13.0 Å². The molecule has 30 heavy (non-hydrogen) atoms. The van der Waals surface area contributed by atoms with Crippen molar-refractivity contribution in [2.75, 3.05) is 24.7 Å². The van der Waals surface area contributed by atoms with Gasteiger partial charge in [0.05, 0.1) is 17.3 Å². The molecule has 0 unspecified atom stereocenters. The number of furan rings is 1. The number of nitrogens with one attached hydrogen (secondary N) is 2. The predicted octanol–water partition coefficient (Wildman–Crippen LogP) is 3.21. The van der Waals surface area contributed by atoms with Crippen molar-refractivity contribution in [3.63, 3.8) is 0 Å². The van der Waals surface area contributed by atoms with Gasteiger partial charge in [0, 0.05) is 14.1 Å². The fourth-order valence-corrected chi connectivity index (χ4v) is 3.26. The largest absolute Gasteiger partial charge is 0.505 e. The van der Waals surface area contributed by atoms with Crippen molar-refractivity contribution in [3.8, 4) is 5.75 Å². The number of rotatable bonds is 7. The highest BCUT2D eigenvalue weighted by atomic mass is 16.3. The summed E-state index contributed by atoms with van der Waals surface area (Å²) in [4.78, 5) is 38.2. The molecular formula is C22H25N3O5. The van der Waals surface area contributed by atoms with Crippen LogP contribution in [0, 0.1) is 13.8 Å². The third-order valence-corrected chi connectivity index (χ3v) is 5.01. The number of phenolic OH excluding ortho intramolecular Hbond substituents is 1. The van der Waals surface area contributed by atoms with Gasteiger partial charge in [-0.15, -0.1) is 0 Å². The van der Waals surface area contributed by atoms with Crippen molar-refractivity contribution < 1.29 is 14.3 Å². The molecule has 0 fully saturated rings. The second-order valence-electron chi connectivity index (χ2n) is 7.44. The van der Waals surface area contributed by atoms with Crippen LogP contribution in [0.4, 0.5) is 17.1 Å². The minimum atomic E-state index is -0.691. The van der Waals surface area contributed by atoms with E-state index in [1.807, 2.05) is 26.0 Å². The summed E-state index contributed by atoms with van der Waals surface area (Å²) in [7, 11) is 3.17. The molecule has 0 saturated heterocycles. The van der Waals surface area contributed by atoms with Crippen LogP contribution in [0.3, 0.4) is 0 Å². The number of aryl methyl sites for hydroxylation is 2. The van der Waals surface area contributed by atoms with E-state index in [1.165, 1.54) is 4.90 Å². The summed E-state index contributed by atoms with van der Waals surface area (Å²) < 4.78 is 5.63. The van der Waals surface area contributed by atoms with Gasteiger partial charge >= 0.3 is 0 Å². The zero-order valence-corrected chi connectivity index (χ0v) is 17.6. The molecule has 1 heterocycles. The first-order valence-corrected chi connectivity index (χ1v) is 9.63. The number of anilines is 3. The van der Waals surface area contributed by atoms with Crippen LogP contribution in [-0.2, 0) is 0 Å². The lowest BCUT2D eigenvalue weighted by Gasteiger charge is -2.21. The van der Waals surface area contributed by atoms with E-state index in [9.17, 15) is 19.5 Å². The summed E-state index contributed by atoms with van der Waals surface area (Å²) >= 11 is 0. The fourth-order valence-electron chi connectivity index (χ4n) is 3.26. The molecular weight excluding hydrogens is 386 g/mol. The van der Waals surface area contributed by atoms with Crippen molar-refractivity contribution in [2.45, 2.75) is 33.2 Å². The Morgan fingerprint density at radius 2 is 1.77 bits per heavy atom. The molecule has 1 amide bonds. The number of carbonyl (C=O) groups excluding carboxylic acids is 1. The first-order chi connectivity index (χ1) is 14.1. The van der Waals surface area contributed by atoms with Gasteiger partial charge < -0.3 is 25.1 Å². The topological polar surface area (TPSA) is 112 Å². The molecule has 3 aromatic rings. The number of hydrogen-bond donors (Lipinski definition) is 3. The lowest BCUT2D eigenvalue weighted by molar-refractivity contribution is 0.0824. The van der Waals surface area contributed by atoms with Gasteiger partial charge in [0.1, 0.15) is 22.9 Å². The van der Waals surface area contributed by atoms with Crippen molar-refractivity contribution in [1.82, 2.24) is 4.90 Å². The molecule has 8 heteroatoms. The Kier molecular flexibility index (Phi) is 5.69. The Hall–Kier alpha value is -3.55. The number of phenols is 1. The van der Waals surface area contributed by atoms with Crippen molar-refractivity contribution >= 4 is 23.0 Å². The van der Waals surface area contributed by atoms with Gasteiger partial charge in [-0.3, -0.25) is 14.4 Å². The summed E-state index contributed by atoms with van der Waals surface area (Å²) in [5.74, 6) is 0.764. The van der Waals surface area contributed by atoms with E-state index in [0.29, 0.717) is 17.7 Å². The smallest absolute Gasteiger partial charge is 0.257 e. The van der Waals surface area contributed by atoms with Gasteiger partial charge in [-0.25, -0.2) is 0 Å². The summed E-state index contributed by atoms with van der Waals surface area (Å²) in [6, 6.07) is 6.58. The van der Waals surface area contributed by atoms with E-state index >= 15 is 0 Å². The quantitative estimate of drug-likeness (QED) is 0.404. The van der Waals surface area contributed by atoms with Gasteiger partial charge in [-0.2, -0.15) is 0 Å². The van der Waals surface area contributed by atoms with E-state index in [1.54, 1.807) is 33.2 Å². The second kappa shape index (κ2) is 8.06. The van der Waals surface area contributed by atoms with Crippen LogP contribution in [0.15, 0.2) is 38.3 Å². The molecule has 0 saturated carbocycles. The summed E-state index contributed by atoms with van der Waals surface area (Å²) in [6.45, 7) is 5.47. The summed E-state index contributed by atoms with van der Waals surface area (Å²) in [5, 5.41) is 16.5. The molecule has 1 atom stereocenters. The Morgan fingerprint density at radius 1 is 1.10 bits per heavy atom. The maximum atomic E-state index is 12.4. The third kappa shape index (κ3) is 3.68. The van der Waals surface area contributed by atoms with Gasteiger partial charge in [0.2, 0.25) is 0 Å². The average molecular weight is 411 g/mol. The molecule has 3 rings (SSSR count). The zero-order valence-electron chi connectivity index (χ0n) is 17.6. The summed E-state index contributed by atoms with van der Waals surface area (Å²) in [5.41, 5.74) is -0.262. The first-order valence-electron chi connectivity index (χ1n) is 9.63. The van der Waals surface area contributed by atoms with Crippen LogP contribution in [-0.4, -0.2) is 30.0 Å². The Balaban J connectivity index is 1.94. The molecule has 0 aliphatic heterocycles. The van der Waals surface area contributed by atoms with Crippen LogP contribution >= 0.6 is 0 Å². The molecule has 3 N–H and O–H groups in total. The van der Waals surface area contributed by atoms with Crippen LogP contribution in [0.25, 0.3) is 0 Å². The lowest BCUT2D eigenvalue weighted by atomic mass is 10.0. The highest BCUT2D eigenvalue weighted by Gasteiger charge is 2.27. The number of aromatic hydroxyl groups is 1. The van der Waals surface area contributed by atoms with Crippen LogP contribution < -0.4 is 21.5 Å². The average Bonchev–Trinajstić information content (AvgIpc) is 3.14. The zero-order chi connectivity index (χ0) is 22.2. The number of benzene rings is 1. The number of hydrogen-bond acceptors (Lipinski definition) is 7. The van der Waals surface area contributed by atoms with E-state index < -0.39 is 10.9 Å². The van der Waals surface area contributed by atoms with E-state index in [-0.39, 0.29) is 40.3 Å². The first kappa shape index (κ1) is 21.2. The number of carbonyl (C=O) groups is 1. The number of nitrogens with zero attached hydrogens (tertiary/aromatic N) is 1. The van der Waals surface area contributed by atoms with Crippen LogP contribution in [0.5, 0.6) is 5.75 Å². The SMILES string of the molecule is CC[C@@H](Nc1c(Nc2ccc(C)c(C(=O)N(C)C)c2O)c(=O)c1=O)c1ccc(C)o1. The molecule has 8 nitrogen and oxygen atoms in total. The predicted molar refractivity (Wildman–Crippen MR) is 116 cm³/mol. The highest BCUT2D eigenvalue weighted by Crippen LogP contribution is 2.35. The highest BCUT2D eigenvalue weighted by molar-refractivity contribution is 6.00. The van der Waals surface area contributed by atoms with Crippen molar-refractivity contribution in [2.24, 2.45) is 0 Å². The van der Waals surface area contributed by atoms with Crippen LogP contribution in [0.2, 0.25) is 0 Å². The summed E-state index contributed by atoms with van der Waals surface area (Å²) in [6.07, 6.45) is 0.627. The maximum absolute atomic E-state index is 12.4. The molecule has 0 aliphatic carbocycles. The van der Waals surface area contributed by atoms with E-state index in [2.05, 4.69) is 10.6 Å². The minimum Gasteiger partial charge on any atom is -0.505 e. The molecule has 1 aromatic heterocycles. The molecule has 2 aromatic carbocycles. The maximum Gasteiger partial charge on any atom is 0.257 e. The Labute approximate surface area is 173 Å².